The second-order valence-corrected chi connectivity index (χ2v) is 21.6. The topological polar surface area (TPSA) is 382 Å². The Morgan fingerprint density at radius 3 is 1.87 bits per heavy atom. The second kappa shape index (κ2) is 29.3. The largest absolute Gasteiger partial charge is 0.508 e. The van der Waals surface area contributed by atoms with E-state index in [0.29, 0.717) is 24.0 Å². The van der Waals surface area contributed by atoms with Crippen molar-refractivity contribution in [1.82, 2.24) is 37.2 Å². The predicted molar refractivity (Wildman–Crippen MR) is 291 cm³/mol. The molecule has 0 aromatic heterocycles. The third kappa shape index (κ3) is 18.4. The molecule has 1 aliphatic heterocycles. The smallest absolute Gasteiger partial charge is 0.269 e. The molecule has 4 aromatic rings. The fourth-order valence-electron chi connectivity index (χ4n) is 8.18. The van der Waals surface area contributed by atoms with E-state index in [9.17, 15) is 58.7 Å². The highest BCUT2D eigenvalue weighted by molar-refractivity contribution is 8.76. The molecule has 25 heteroatoms. The van der Waals surface area contributed by atoms with Crippen molar-refractivity contribution < 1.29 is 53.5 Å². The number of nitro groups is 1. The molecule has 4 aromatic carbocycles. The summed E-state index contributed by atoms with van der Waals surface area (Å²) in [6.07, 6.45) is -1.12. The number of fused-ring (bicyclic) bond motifs is 1. The number of nitrogens with two attached hydrogens (primary N) is 3. The van der Waals surface area contributed by atoms with Crippen molar-refractivity contribution in [1.29, 1.82) is 0 Å². The summed E-state index contributed by atoms with van der Waals surface area (Å²) in [7, 11) is 1.96. The van der Waals surface area contributed by atoms with E-state index >= 15 is 0 Å². The molecule has 77 heavy (non-hydrogen) atoms. The second-order valence-electron chi connectivity index (χ2n) is 19.0. The van der Waals surface area contributed by atoms with Gasteiger partial charge in [-0.3, -0.25) is 48.5 Å². The van der Waals surface area contributed by atoms with E-state index in [-0.39, 0.29) is 55.2 Å². The molecule has 15 N–H and O–H groups in total. The summed E-state index contributed by atoms with van der Waals surface area (Å²) in [5, 5.41) is 52.3. The molecule has 9 atom stereocenters. The van der Waals surface area contributed by atoms with Crippen LogP contribution in [-0.4, -0.2) is 135 Å². The Bertz CT molecular complexity index is 2730. The number of aliphatic hydroxyl groups excluding tert-OH is 1. The molecule has 1 unspecified atom stereocenters. The van der Waals surface area contributed by atoms with Crippen LogP contribution in [-0.2, 0) is 57.6 Å². The third-order valence-electron chi connectivity index (χ3n) is 12.6. The number of phenolic OH excluding ortho intramolecular Hbond substituents is 1. The molecule has 1 heterocycles. The molecule has 0 spiro atoms. The zero-order chi connectivity index (χ0) is 56.3. The van der Waals surface area contributed by atoms with Crippen LogP contribution >= 0.6 is 21.6 Å². The van der Waals surface area contributed by atoms with Crippen LogP contribution in [0.5, 0.6) is 5.75 Å². The molecule has 5 rings (SSSR count). The van der Waals surface area contributed by atoms with Gasteiger partial charge in [-0.05, 0) is 84.7 Å². The molecule has 0 saturated carbocycles. The number of non-ortho nitro benzene ring substituents is 1. The van der Waals surface area contributed by atoms with Gasteiger partial charge in [0.25, 0.3) is 5.69 Å². The Morgan fingerprint density at radius 1 is 0.727 bits per heavy atom. The number of nitrogens with one attached hydrogen (secondary N) is 7. The average molecular weight is 1100 g/mol. The summed E-state index contributed by atoms with van der Waals surface area (Å²) in [6.45, 7) is 4.71. The van der Waals surface area contributed by atoms with Gasteiger partial charge in [-0.25, -0.2) is 0 Å². The molecule has 1 saturated heterocycles. The highest BCUT2D eigenvalue weighted by atomic mass is 33.1. The minimum atomic E-state index is -1.57. The van der Waals surface area contributed by atoms with E-state index in [4.69, 9.17) is 17.2 Å². The number of carbonyl (C=O) groups is 8. The average Bonchev–Trinajstić information content (AvgIpc) is 3.39. The van der Waals surface area contributed by atoms with Crippen LogP contribution in [0.3, 0.4) is 0 Å². The Balaban J connectivity index is 1.57. The van der Waals surface area contributed by atoms with Crippen LogP contribution in [0.1, 0.15) is 56.7 Å². The lowest BCUT2D eigenvalue weighted by Gasteiger charge is -2.29. The van der Waals surface area contributed by atoms with Crippen LogP contribution < -0.4 is 54.4 Å². The number of primary amides is 1. The number of nitro benzene ring substituents is 1. The van der Waals surface area contributed by atoms with E-state index < -0.39 is 113 Å². The zero-order valence-corrected chi connectivity index (χ0v) is 44.4. The number of hydrogen-bond donors (Lipinski definition) is 12. The molecular formula is C52H67N11O12S2. The first-order valence-electron chi connectivity index (χ1n) is 24.9. The number of nitrogens with zero attached hydrogens (tertiary/aromatic N) is 1. The lowest BCUT2D eigenvalue weighted by molar-refractivity contribution is -0.384. The lowest BCUT2D eigenvalue weighted by atomic mass is 10.00. The number of aromatic hydroxyl groups is 1. The number of aliphatic hydroxyl groups is 1. The van der Waals surface area contributed by atoms with Gasteiger partial charge in [0.2, 0.25) is 47.3 Å². The fraction of sp³-hybridized carbons (Fsp3) is 0.423. The van der Waals surface area contributed by atoms with E-state index in [2.05, 4.69) is 37.2 Å². The Labute approximate surface area is 452 Å². The molecular weight excluding hydrogens is 1030 g/mol. The van der Waals surface area contributed by atoms with Gasteiger partial charge in [0.05, 0.1) is 17.1 Å². The van der Waals surface area contributed by atoms with Crippen molar-refractivity contribution in [3.05, 3.63) is 118 Å². The van der Waals surface area contributed by atoms with E-state index in [1.807, 2.05) is 42.5 Å². The Hall–Kier alpha value is -7.32. The molecule has 414 valence electrons. The molecule has 0 bridgehead atoms. The van der Waals surface area contributed by atoms with Crippen LogP contribution in [0.25, 0.3) is 10.8 Å². The van der Waals surface area contributed by atoms with Crippen LogP contribution in [0.15, 0.2) is 91.0 Å². The van der Waals surface area contributed by atoms with Crippen molar-refractivity contribution in [2.45, 2.75) is 114 Å². The molecule has 23 nitrogen and oxygen atoms in total. The summed E-state index contributed by atoms with van der Waals surface area (Å²) in [6, 6.07) is 12.8. The highest BCUT2D eigenvalue weighted by Crippen LogP contribution is 2.25. The minimum absolute atomic E-state index is 0.00467. The first-order chi connectivity index (χ1) is 36.6. The number of hydrogen-bond acceptors (Lipinski definition) is 16. The van der Waals surface area contributed by atoms with Crippen molar-refractivity contribution in [2.24, 2.45) is 23.1 Å². The SMILES string of the molecule is CC(C)[C@@H]1NC(=O)[C@H](CCCCN)NC(=O)[C@@H](Cc2ccc([N+](=O)[O-])cc2)NC(=O)[C@H](Cc2ccc(O)cc2)NC(=O)[C@@H](NC(=O)[C@H](N)Cc2ccc3ccccc3c2)CSSC[C@@H](C(=O)N[C@H](C(N)=O)C(C)O)NC1=O. The summed E-state index contributed by atoms with van der Waals surface area (Å²) < 4.78 is 0. The third-order valence-corrected chi connectivity index (χ3v) is 15.0. The van der Waals surface area contributed by atoms with Gasteiger partial charge >= 0.3 is 0 Å². The number of phenols is 1. The van der Waals surface area contributed by atoms with Gasteiger partial charge in [-0.15, -0.1) is 0 Å². The maximum absolute atomic E-state index is 14.7. The van der Waals surface area contributed by atoms with Gasteiger partial charge in [0.1, 0.15) is 48.0 Å². The van der Waals surface area contributed by atoms with Gasteiger partial charge in [0.15, 0.2) is 0 Å². The maximum Gasteiger partial charge on any atom is 0.269 e. The van der Waals surface area contributed by atoms with Crippen LogP contribution in [0.2, 0.25) is 0 Å². The first kappa shape index (κ1) is 60.5. The van der Waals surface area contributed by atoms with Crippen molar-refractivity contribution in [2.75, 3.05) is 18.1 Å². The number of carbonyl (C=O) groups excluding carboxylic acids is 8. The molecule has 1 aliphatic rings. The van der Waals surface area contributed by atoms with Crippen molar-refractivity contribution in [3.63, 3.8) is 0 Å². The van der Waals surface area contributed by atoms with Crippen molar-refractivity contribution in [3.8, 4) is 5.75 Å². The van der Waals surface area contributed by atoms with Gasteiger partial charge < -0.3 is 64.6 Å². The van der Waals surface area contributed by atoms with E-state index in [0.717, 1.165) is 37.9 Å². The highest BCUT2D eigenvalue weighted by Gasteiger charge is 2.36. The number of benzene rings is 4. The van der Waals surface area contributed by atoms with Gasteiger partial charge in [-0.1, -0.05) is 102 Å². The number of rotatable bonds is 18. The normalized spacial score (nSPS) is 21.5. The predicted octanol–water partition coefficient (Wildman–Crippen LogP) is 0.249. The lowest BCUT2D eigenvalue weighted by Crippen LogP contribution is -2.62. The van der Waals surface area contributed by atoms with Gasteiger partial charge in [0, 0.05) is 36.5 Å². The van der Waals surface area contributed by atoms with Crippen molar-refractivity contribution >= 4 is 85.3 Å². The standard InChI is InChI=1S/C52H67N11O12S2/c1-28(2)43-52(73)60-42(51(72)62-44(29(3)64)45(55)66)27-77-76-26-41(59-46(67)37(54)23-32-11-16-33-8-4-5-9-34(33)22-32)50(71)58-40(25-31-14-19-36(65)20-15-31)49(70)57-39(24-30-12-17-35(18-13-30)63(74)75)48(69)56-38(47(68)61-43)10-6-7-21-53/h4-5,8-9,11-20,22,28-29,37-44,64-65H,6-7,10,21,23-27,53-54H2,1-3H3,(H2,55,66)(H,56,69)(H,57,70)(H,58,71)(H,59,67)(H,60,73)(H,61,68)(H,62,72)/t29?,37-,38+,39-,40+,41+,42+,43+,44+/m1/s1. The van der Waals surface area contributed by atoms with Gasteiger partial charge in [-0.2, -0.15) is 0 Å². The summed E-state index contributed by atoms with van der Waals surface area (Å²) in [5.41, 5.74) is 19.0. The zero-order valence-electron chi connectivity index (χ0n) is 42.8. The van der Waals surface area contributed by atoms with E-state index in [1.165, 1.54) is 55.5 Å². The quantitative estimate of drug-likeness (QED) is 0.0275. The molecule has 8 amide bonds. The summed E-state index contributed by atoms with van der Waals surface area (Å²) in [4.78, 5) is 124. The molecule has 0 radical (unpaired) electrons. The number of unbranched alkanes of at least 4 members (excludes halogenated alkanes) is 1. The maximum atomic E-state index is 14.7. The first-order valence-corrected chi connectivity index (χ1v) is 27.4. The fourth-order valence-corrected chi connectivity index (χ4v) is 10.5. The number of amides is 8. The Kier molecular flexibility index (Phi) is 23.0. The Morgan fingerprint density at radius 2 is 1.29 bits per heavy atom. The van der Waals surface area contributed by atoms with Crippen LogP contribution in [0, 0.1) is 16.0 Å². The van der Waals surface area contributed by atoms with Crippen LogP contribution in [0.4, 0.5) is 5.69 Å². The summed E-state index contributed by atoms with van der Waals surface area (Å²) in [5.74, 6) is -8.28. The summed E-state index contributed by atoms with van der Waals surface area (Å²) >= 11 is 0. The minimum Gasteiger partial charge on any atom is -0.508 e. The molecule has 0 aliphatic carbocycles. The van der Waals surface area contributed by atoms with E-state index in [1.54, 1.807) is 13.8 Å². The molecule has 1 fully saturated rings. The monoisotopic (exact) mass is 1100 g/mol.